The lowest BCUT2D eigenvalue weighted by Gasteiger charge is -2.22. The maximum atomic E-state index is 15.2. The van der Waals surface area contributed by atoms with E-state index < -0.39 is 29.2 Å². The summed E-state index contributed by atoms with van der Waals surface area (Å²) in [5.41, 5.74) is 2.37. The van der Waals surface area contributed by atoms with Crippen molar-refractivity contribution >= 4 is 11.9 Å². The molecule has 1 aliphatic rings. The Morgan fingerprint density at radius 1 is 1.14 bits per heavy atom. The van der Waals surface area contributed by atoms with Crippen molar-refractivity contribution in [2.75, 3.05) is 7.11 Å². The van der Waals surface area contributed by atoms with Crippen LogP contribution in [0.3, 0.4) is 0 Å². The van der Waals surface area contributed by atoms with E-state index >= 15 is 4.39 Å². The molecule has 4 aromatic rings. The number of rotatable bonds is 5. The zero-order valence-corrected chi connectivity index (χ0v) is 19.0. The number of methoxy groups -OCH3 is 1. The predicted octanol–water partition coefficient (Wildman–Crippen LogP) is 5.59. The van der Waals surface area contributed by atoms with Gasteiger partial charge in [-0.3, -0.25) is 0 Å². The Kier molecular flexibility index (Phi) is 5.88. The van der Waals surface area contributed by atoms with Gasteiger partial charge in [0.2, 0.25) is 5.82 Å². The molecule has 0 aliphatic carbocycles. The van der Waals surface area contributed by atoms with Gasteiger partial charge in [-0.1, -0.05) is 6.07 Å². The SMILES string of the molecule is COc1cc(C=C(F)c2nc3n(n2)CCC[C@H]3c2cc(F)c(F)c(F)c2)ccc1-n1cnc(C)c1. The fourth-order valence-electron chi connectivity index (χ4n) is 4.31. The average molecular weight is 483 g/mol. The first-order valence-corrected chi connectivity index (χ1v) is 11.0. The van der Waals surface area contributed by atoms with Gasteiger partial charge in [-0.05, 0) is 61.2 Å². The summed E-state index contributed by atoms with van der Waals surface area (Å²) in [6.07, 6.45) is 5.99. The molecular weight excluding hydrogens is 462 g/mol. The van der Waals surface area contributed by atoms with Crippen LogP contribution in [0, 0.1) is 24.4 Å². The summed E-state index contributed by atoms with van der Waals surface area (Å²) in [5, 5.41) is 4.25. The summed E-state index contributed by atoms with van der Waals surface area (Å²) in [6.45, 7) is 2.37. The van der Waals surface area contributed by atoms with Gasteiger partial charge in [0.25, 0.3) is 0 Å². The summed E-state index contributed by atoms with van der Waals surface area (Å²) in [7, 11) is 1.53. The minimum atomic E-state index is -1.52. The molecule has 6 nitrogen and oxygen atoms in total. The second-order valence-corrected chi connectivity index (χ2v) is 8.36. The third-order valence-electron chi connectivity index (χ3n) is 5.98. The molecule has 0 amide bonds. The van der Waals surface area contributed by atoms with Crippen LogP contribution in [0.5, 0.6) is 5.75 Å². The fraction of sp³-hybridized carbons (Fsp3) is 0.240. The molecule has 2 aromatic carbocycles. The third kappa shape index (κ3) is 4.31. The minimum Gasteiger partial charge on any atom is -0.495 e. The van der Waals surface area contributed by atoms with E-state index in [0.717, 1.165) is 23.5 Å². The predicted molar refractivity (Wildman–Crippen MR) is 121 cm³/mol. The van der Waals surface area contributed by atoms with Gasteiger partial charge in [0, 0.05) is 18.7 Å². The molecule has 180 valence electrons. The smallest absolute Gasteiger partial charge is 0.210 e. The van der Waals surface area contributed by atoms with E-state index in [1.54, 1.807) is 24.5 Å². The summed E-state index contributed by atoms with van der Waals surface area (Å²) >= 11 is 0. The maximum Gasteiger partial charge on any atom is 0.210 e. The highest BCUT2D eigenvalue weighted by Gasteiger charge is 2.28. The van der Waals surface area contributed by atoms with Gasteiger partial charge >= 0.3 is 0 Å². The van der Waals surface area contributed by atoms with E-state index in [2.05, 4.69) is 15.1 Å². The zero-order valence-electron chi connectivity index (χ0n) is 19.0. The fourth-order valence-corrected chi connectivity index (χ4v) is 4.31. The number of ether oxygens (including phenoxy) is 1. The van der Waals surface area contributed by atoms with Crippen LogP contribution in [0.2, 0.25) is 0 Å². The van der Waals surface area contributed by atoms with Gasteiger partial charge in [-0.15, -0.1) is 5.10 Å². The van der Waals surface area contributed by atoms with Crippen LogP contribution >= 0.6 is 0 Å². The molecule has 1 aliphatic heterocycles. The van der Waals surface area contributed by atoms with Crippen LogP contribution in [0.4, 0.5) is 17.6 Å². The summed E-state index contributed by atoms with van der Waals surface area (Å²) < 4.78 is 65.0. The Labute approximate surface area is 198 Å². The molecule has 0 fully saturated rings. The molecular formula is C25H21F4N5O. The van der Waals surface area contributed by atoms with Gasteiger partial charge < -0.3 is 9.30 Å². The number of hydrogen-bond donors (Lipinski definition) is 0. The van der Waals surface area contributed by atoms with Crippen LogP contribution in [0.15, 0.2) is 42.9 Å². The Morgan fingerprint density at radius 2 is 1.91 bits per heavy atom. The van der Waals surface area contributed by atoms with Gasteiger partial charge in [0.05, 0.1) is 24.8 Å². The number of halogens is 4. The number of hydrogen-bond acceptors (Lipinski definition) is 4. The molecule has 10 heteroatoms. The Hall–Kier alpha value is -3.95. The average Bonchev–Trinajstić information content (AvgIpc) is 3.48. The van der Waals surface area contributed by atoms with Crippen molar-refractivity contribution in [2.24, 2.45) is 0 Å². The molecule has 0 radical (unpaired) electrons. The maximum absolute atomic E-state index is 15.2. The van der Waals surface area contributed by atoms with Gasteiger partial charge in [-0.2, -0.15) is 0 Å². The number of benzene rings is 2. The Morgan fingerprint density at radius 3 is 2.60 bits per heavy atom. The quantitative estimate of drug-likeness (QED) is 0.274. The first-order chi connectivity index (χ1) is 16.8. The highest BCUT2D eigenvalue weighted by molar-refractivity contribution is 5.75. The molecule has 0 spiro atoms. The van der Waals surface area contributed by atoms with E-state index in [0.29, 0.717) is 36.5 Å². The van der Waals surface area contributed by atoms with Gasteiger partial charge in [0.15, 0.2) is 23.3 Å². The molecule has 35 heavy (non-hydrogen) atoms. The molecule has 2 aromatic heterocycles. The zero-order chi connectivity index (χ0) is 24.7. The molecule has 1 atom stereocenters. The molecule has 3 heterocycles. The second-order valence-electron chi connectivity index (χ2n) is 8.36. The normalized spacial score (nSPS) is 15.8. The van der Waals surface area contributed by atoms with E-state index in [1.165, 1.54) is 17.9 Å². The number of nitrogens with zero attached hydrogens (tertiary/aromatic N) is 5. The molecule has 0 saturated heterocycles. The number of imidazole rings is 1. The standard InChI is InChI=1S/C25H21F4N5O/c1-14-12-33(13-30-14)21-6-5-15(9-22(21)35-2)8-20(28)24-31-25-17(4-3-7-34(25)32-24)16-10-18(26)23(29)19(27)11-16/h5-6,8-13,17H,3-4,7H2,1-2H3/t17-/m0/s1. The third-order valence-corrected chi connectivity index (χ3v) is 5.98. The highest BCUT2D eigenvalue weighted by Crippen LogP contribution is 2.35. The topological polar surface area (TPSA) is 57.8 Å². The van der Waals surface area contributed by atoms with Crippen LogP contribution in [-0.4, -0.2) is 31.4 Å². The highest BCUT2D eigenvalue weighted by atomic mass is 19.2. The van der Waals surface area contributed by atoms with Crippen LogP contribution in [-0.2, 0) is 6.54 Å². The van der Waals surface area contributed by atoms with E-state index in [4.69, 9.17) is 4.74 Å². The molecule has 0 unspecified atom stereocenters. The van der Waals surface area contributed by atoms with Crippen LogP contribution in [0.25, 0.3) is 17.6 Å². The van der Waals surface area contributed by atoms with Crippen LogP contribution < -0.4 is 4.74 Å². The van der Waals surface area contributed by atoms with Crippen molar-refractivity contribution in [1.82, 2.24) is 24.3 Å². The van der Waals surface area contributed by atoms with Crippen molar-refractivity contribution in [3.8, 4) is 11.4 Å². The second kappa shape index (κ2) is 9.01. The van der Waals surface area contributed by atoms with Crippen molar-refractivity contribution in [2.45, 2.75) is 32.2 Å². The summed E-state index contributed by atoms with van der Waals surface area (Å²) in [6, 6.07) is 7.12. The van der Waals surface area contributed by atoms with Crippen molar-refractivity contribution in [1.29, 1.82) is 0 Å². The molecule has 0 N–H and O–H groups in total. The Balaban J connectivity index is 1.46. The lowest BCUT2D eigenvalue weighted by molar-refractivity contribution is 0.413. The van der Waals surface area contributed by atoms with Crippen LogP contribution in [0.1, 0.15) is 47.2 Å². The van der Waals surface area contributed by atoms with Gasteiger partial charge in [-0.25, -0.2) is 32.2 Å². The van der Waals surface area contributed by atoms with Crippen molar-refractivity contribution in [3.05, 3.63) is 88.8 Å². The molecule has 5 rings (SSSR count). The first-order valence-electron chi connectivity index (χ1n) is 11.0. The van der Waals surface area contributed by atoms with E-state index in [9.17, 15) is 13.2 Å². The molecule has 0 saturated carbocycles. The molecule has 0 bridgehead atoms. The van der Waals surface area contributed by atoms with Crippen molar-refractivity contribution in [3.63, 3.8) is 0 Å². The number of aromatic nitrogens is 5. The monoisotopic (exact) mass is 483 g/mol. The van der Waals surface area contributed by atoms with Gasteiger partial charge in [0.1, 0.15) is 11.6 Å². The lowest BCUT2D eigenvalue weighted by atomic mass is 9.91. The first kappa shape index (κ1) is 22.8. The van der Waals surface area contributed by atoms with E-state index in [-0.39, 0.29) is 11.4 Å². The number of fused-ring (bicyclic) bond motifs is 1. The number of aryl methyl sites for hydroxylation is 2. The summed E-state index contributed by atoms with van der Waals surface area (Å²) in [4.78, 5) is 8.53. The summed E-state index contributed by atoms with van der Waals surface area (Å²) in [5.74, 6) is -4.49. The van der Waals surface area contributed by atoms with Crippen molar-refractivity contribution < 1.29 is 22.3 Å². The largest absolute Gasteiger partial charge is 0.495 e. The minimum absolute atomic E-state index is 0.136. The Bertz CT molecular complexity index is 1420. The van der Waals surface area contributed by atoms with E-state index in [1.807, 2.05) is 17.7 Å². The lowest BCUT2D eigenvalue weighted by Crippen LogP contribution is -2.18.